The summed E-state index contributed by atoms with van der Waals surface area (Å²) in [5.74, 6) is 1.15. The Morgan fingerprint density at radius 3 is 2.27 bits per heavy atom. The quantitative estimate of drug-likeness (QED) is 0.466. The summed E-state index contributed by atoms with van der Waals surface area (Å²) in [6.45, 7) is 1.06. The van der Waals surface area contributed by atoms with Crippen LogP contribution in [0.1, 0.15) is 34.8 Å². The van der Waals surface area contributed by atoms with Crippen molar-refractivity contribution in [2.24, 2.45) is 0 Å². The van der Waals surface area contributed by atoms with Crippen LogP contribution in [0.4, 0.5) is 13.2 Å². The van der Waals surface area contributed by atoms with Crippen LogP contribution in [0.15, 0.2) is 47.6 Å². The van der Waals surface area contributed by atoms with E-state index in [1.165, 1.54) is 30.6 Å². The van der Waals surface area contributed by atoms with E-state index in [1.54, 1.807) is 19.1 Å². The molecule has 0 saturated carbocycles. The molecule has 1 fully saturated rings. The Morgan fingerprint density at radius 1 is 1.03 bits per heavy atom. The molecule has 0 bridgehead atoms. The Balaban J connectivity index is 1.47. The largest absolute Gasteiger partial charge is 0.493 e. The summed E-state index contributed by atoms with van der Waals surface area (Å²) in [4.78, 5) is 23.5. The fourth-order valence-corrected chi connectivity index (χ4v) is 4.61. The van der Waals surface area contributed by atoms with Gasteiger partial charge in [-0.2, -0.15) is 13.2 Å². The molecule has 174 valence electrons. The molecule has 2 heterocycles. The van der Waals surface area contributed by atoms with Crippen LogP contribution in [-0.4, -0.2) is 53.6 Å². The van der Waals surface area contributed by atoms with Gasteiger partial charge in [0, 0.05) is 40.9 Å². The van der Waals surface area contributed by atoms with Crippen LogP contribution in [0.2, 0.25) is 0 Å². The second-order valence-corrected chi connectivity index (χ2v) is 8.76. The van der Waals surface area contributed by atoms with E-state index in [2.05, 4.69) is 9.97 Å². The van der Waals surface area contributed by atoms with Crippen molar-refractivity contribution in [3.63, 3.8) is 0 Å². The molecule has 1 amide bonds. The first-order valence-corrected chi connectivity index (χ1v) is 11.1. The summed E-state index contributed by atoms with van der Waals surface area (Å²) in [5, 5.41) is 0.887. The second kappa shape index (κ2) is 9.46. The number of alkyl halides is 3. The molecular formula is C23H22F3N3O3S. The van der Waals surface area contributed by atoms with E-state index >= 15 is 0 Å². The number of halogens is 3. The van der Waals surface area contributed by atoms with Gasteiger partial charge in [-0.25, -0.2) is 9.97 Å². The van der Waals surface area contributed by atoms with Crippen molar-refractivity contribution >= 4 is 28.6 Å². The number of carbonyl (C=O) groups excluding carboxylic acids is 1. The fraction of sp³-hybridized carbons (Fsp3) is 0.348. The van der Waals surface area contributed by atoms with Crippen LogP contribution in [0, 0.1) is 0 Å². The molecule has 1 aliphatic heterocycles. The molecule has 1 aliphatic rings. The number of amides is 1. The van der Waals surface area contributed by atoms with E-state index in [9.17, 15) is 18.0 Å². The number of carbonyl (C=O) groups is 1. The first-order chi connectivity index (χ1) is 15.8. The number of thioether (sulfide) groups is 1. The summed E-state index contributed by atoms with van der Waals surface area (Å²) in [7, 11) is 3.15. The third kappa shape index (κ3) is 5.16. The normalized spacial score (nSPS) is 15.0. The van der Waals surface area contributed by atoms with E-state index in [1.807, 2.05) is 12.1 Å². The minimum atomic E-state index is -4.35. The molecule has 0 atom stereocenters. The number of piperidine rings is 1. The highest BCUT2D eigenvalue weighted by atomic mass is 32.2. The van der Waals surface area contributed by atoms with Gasteiger partial charge in [-0.3, -0.25) is 4.79 Å². The smallest absolute Gasteiger partial charge is 0.446 e. The first-order valence-electron chi connectivity index (χ1n) is 10.3. The standard InChI is InChI=1S/C23H22F3N3O3S/c1-31-19-11-17-18(12-20(19)32-2)27-13-28-21(17)14-7-9-29(10-8-14)22(30)15-3-5-16(6-4-15)33-23(24,25)26/h3-6,11-14H,7-10H2,1-2H3. The Bertz CT molecular complexity index is 1150. The van der Waals surface area contributed by atoms with Gasteiger partial charge in [-0.05, 0) is 54.9 Å². The monoisotopic (exact) mass is 477 g/mol. The maximum atomic E-state index is 12.8. The van der Waals surface area contributed by atoms with Crippen molar-refractivity contribution in [2.75, 3.05) is 27.3 Å². The van der Waals surface area contributed by atoms with Gasteiger partial charge in [0.1, 0.15) is 6.33 Å². The predicted octanol–water partition coefficient (Wildman–Crippen LogP) is 5.28. The van der Waals surface area contributed by atoms with Gasteiger partial charge < -0.3 is 14.4 Å². The van der Waals surface area contributed by atoms with Gasteiger partial charge in [0.15, 0.2) is 11.5 Å². The molecule has 3 aromatic rings. The van der Waals surface area contributed by atoms with Crippen LogP contribution in [-0.2, 0) is 0 Å². The van der Waals surface area contributed by atoms with E-state index < -0.39 is 5.51 Å². The van der Waals surface area contributed by atoms with Crippen molar-refractivity contribution in [2.45, 2.75) is 29.2 Å². The Kier molecular flexibility index (Phi) is 6.64. The van der Waals surface area contributed by atoms with Crippen LogP contribution >= 0.6 is 11.8 Å². The highest BCUT2D eigenvalue weighted by molar-refractivity contribution is 8.00. The lowest BCUT2D eigenvalue weighted by Gasteiger charge is -2.32. The molecular weight excluding hydrogens is 455 g/mol. The lowest BCUT2D eigenvalue weighted by atomic mass is 9.90. The Hall–Kier alpha value is -3.01. The number of likely N-dealkylation sites (tertiary alicyclic amines) is 1. The third-order valence-electron chi connectivity index (χ3n) is 5.68. The predicted molar refractivity (Wildman–Crippen MR) is 119 cm³/mol. The van der Waals surface area contributed by atoms with Crippen molar-refractivity contribution in [1.29, 1.82) is 0 Å². The van der Waals surface area contributed by atoms with Crippen LogP contribution < -0.4 is 9.47 Å². The maximum Gasteiger partial charge on any atom is 0.446 e. The van der Waals surface area contributed by atoms with E-state index in [0.717, 1.165) is 16.6 Å². The molecule has 2 aromatic carbocycles. The average Bonchev–Trinajstić information content (AvgIpc) is 2.82. The molecule has 0 N–H and O–H groups in total. The van der Waals surface area contributed by atoms with E-state index in [-0.39, 0.29) is 28.5 Å². The zero-order valence-corrected chi connectivity index (χ0v) is 18.9. The Labute approximate surface area is 193 Å². The molecule has 1 aromatic heterocycles. The van der Waals surface area contributed by atoms with Gasteiger partial charge in [-0.1, -0.05) is 0 Å². The van der Waals surface area contributed by atoms with Crippen molar-refractivity contribution in [3.05, 3.63) is 54.0 Å². The minimum absolute atomic E-state index is 0.0560. The van der Waals surface area contributed by atoms with Crippen LogP contribution in [0.3, 0.4) is 0 Å². The van der Waals surface area contributed by atoms with Gasteiger partial charge in [0.05, 0.1) is 25.4 Å². The van der Waals surface area contributed by atoms with Crippen LogP contribution in [0.25, 0.3) is 10.9 Å². The number of ether oxygens (including phenoxy) is 2. The summed E-state index contributed by atoms with van der Waals surface area (Å²) in [6.07, 6.45) is 2.96. The summed E-state index contributed by atoms with van der Waals surface area (Å²) in [5.41, 5.74) is -2.31. The molecule has 6 nitrogen and oxygen atoms in total. The minimum Gasteiger partial charge on any atom is -0.493 e. The first kappa shape index (κ1) is 23.2. The van der Waals surface area contributed by atoms with Crippen molar-refractivity contribution < 1.29 is 27.4 Å². The van der Waals surface area contributed by atoms with Gasteiger partial charge in [-0.15, -0.1) is 0 Å². The lowest BCUT2D eigenvalue weighted by molar-refractivity contribution is -0.0328. The van der Waals surface area contributed by atoms with Gasteiger partial charge >= 0.3 is 5.51 Å². The maximum absolute atomic E-state index is 12.8. The number of hydrogen-bond acceptors (Lipinski definition) is 6. The van der Waals surface area contributed by atoms with Gasteiger partial charge in [0.2, 0.25) is 0 Å². The molecule has 0 radical (unpaired) electrons. The van der Waals surface area contributed by atoms with Crippen molar-refractivity contribution in [3.8, 4) is 11.5 Å². The number of hydrogen-bond donors (Lipinski definition) is 0. The Morgan fingerprint density at radius 2 is 1.67 bits per heavy atom. The molecule has 10 heteroatoms. The lowest BCUT2D eigenvalue weighted by Crippen LogP contribution is -2.38. The summed E-state index contributed by atoms with van der Waals surface area (Å²) >= 11 is -0.193. The number of methoxy groups -OCH3 is 2. The second-order valence-electron chi connectivity index (χ2n) is 7.62. The SMILES string of the molecule is COc1cc2ncnc(C3CCN(C(=O)c4ccc(SC(F)(F)F)cc4)CC3)c2cc1OC. The average molecular weight is 478 g/mol. The molecule has 33 heavy (non-hydrogen) atoms. The zero-order valence-electron chi connectivity index (χ0n) is 18.1. The number of fused-ring (bicyclic) bond motifs is 1. The van der Waals surface area contributed by atoms with Crippen molar-refractivity contribution in [1.82, 2.24) is 14.9 Å². The van der Waals surface area contributed by atoms with Crippen LogP contribution in [0.5, 0.6) is 11.5 Å². The molecule has 0 unspecified atom stereocenters. The van der Waals surface area contributed by atoms with Gasteiger partial charge in [0.25, 0.3) is 5.91 Å². The third-order valence-corrected chi connectivity index (χ3v) is 6.41. The molecule has 0 spiro atoms. The number of nitrogens with zero attached hydrogens (tertiary/aromatic N) is 3. The molecule has 1 saturated heterocycles. The summed E-state index contributed by atoms with van der Waals surface area (Å²) < 4.78 is 48.3. The fourth-order valence-electron chi connectivity index (χ4n) is 4.07. The van der Waals surface area contributed by atoms with E-state index in [4.69, 9.17) is 9.47 Å². The zero-order chi connectivity index (χ0) is 23.6. The molecule has 4 rings (SSSR count). The number of benzene rings is 2. The number of aromatic nitrogens is 2. The topological polar surface area (TPSA) is 64.6 Å². The van der Waals surface area contributed by atoms with E-state index in [0.29, 0.717) is 43.0 Å². The number of rotatable bonds is 5. The highest BCUT2D eigenvalue weighted by Gasteiger charge is 2.30. The summed E-state index contributed by atoms with van der Waals surface area (Å²) in [6, 6.07) is 9.24. The molecule has 0 aliphatic carbocycles. The highest BCUT2D eigenvalue weighted by Crippen LogP contribution is 2.38.